The second-order valence-corrected chi connectivity index (χ2v) is 14.6. The van der Waals surface area contributed by atoms with Crippen molar-refractivity contribution in [2.45, 2.75) is 69.6 Å². The quantitative estimate of drug-likeness (QED) is 0.208. The summed E-state index contributed by atoms with van der Waals surface area (Å²) < 4.78 is 73.3. The smallest absolute Gasteiger partial charge is 0.319 e. The molecule has 4 aliphatic rings. The van der Waals surface area contributed by atoms with E-state index in [1.165, 1.54) is 17.0 Å². The summed E-state index contributed by atoms with van der Waals surface area (Å²) in [6.45, 7) is 3.74. The Labute approximate surface area is 277 Å². The summed E-state index contributed by atoms with van der Waals surface area (Å²) in [6.07, 6.45) is 1.53. The number of rotatable bonds is 6. The van der Waals surface area contributed by atoms with Crippen LogP contribution in [0.3, 0.4) is 0 Å². The molecule has 2 saturated heterocycles. The first-order valence-corrected chi connectivity index (χ1v) is 17.0. The largest absolute Gasteiger partial charge is 0.486 e. The van der Waals surface area contributed by atoms with Crippen LogP contribution in [-0.4, -0.2) is 65.2 Å². The maximum absolute atomic E-state index is 17.1. The predicted octanol–water partition coefficient (Wildman–Crippen LogP) is 7.54. The number of fused-ring (bicyclic) bond motifs is 3. The third-order valence-electron chi connectivity index (χ3n) is 10.3. The number of anilines is 2. The number of thiophene rings is 1. The Bertz CT molecular complexity index is 1990. The number of nitriles is 1. The van der Waals surface area contributed by atoms with Gasteiger partial charge in [-0.3, -0.25) is 4.90 Å². The third-order valence-corrected chi connectivity index (χ3v) is 11.7. The first kappa shape index (κ1) is 30.7. The lowest BCUT2D eigenvalue weighted by Gasteiger charge is -2.32. The lowest BCUT2D eigenvalue weighted by molar-refractivity contribution is 0.107. The van der Waals surface area contributed by atoms with E-state index in [-0.39, 0.29) is 77.4 Å². The van der Waals surface area contributed by atoms with Crippen LogP contribution >= 0.6 is 22.9 Å². The van der Waals surface area contributed by atoms with Crippen molar-refractivity contribution in [2.24, 2.45) is 5.92 Å². The van der Waals surface area contributed by atoms with Crippen molar-refractivity contribution in [3.05, 3.63) is 34.4 Å². The van der Waals surface area contributed by atoms with Gasteiger partial charge in [-0.25, -0.2) is 17.6 Å². The summed E-state index contributed by atoms with van der Waals surface area (Å²) in [7, 11) is 0. The van der Waals surface area contributed by atoms with Crippen LogP contribution in [0.1, 0.15) is 51.0 Å². The number of aromatic nitrogens is 2. The van der Waals surface area contributed by atoms with E-state index in [0.29, 0.717) is 18.8 Å². The van der Waals surface area contributed by atoms with Crippen LogP contribution in [0.2, 0.25) is 5.02 Å². The topological polar surface area (TPSA) is 101 Å². The molecule has 1 saturated carbocycles. The van der Waals surface area contributed by atoms with E-state index in [2.05, 4.69) is 21.8 Å². The highest BCUT2D eigenvalue weighted by atomic mass is 35.5. The van der Waals surface area contributed by atoms with Gasteiger partial charge in [0.25, 0.3) is 6.43 Å². The van der Waals surface area contributed by atoms with E-state index in [9.17, 15) is 18.4 Å². The first-order valence-electron chi connectivity index (χ1n) is 15.8. The summed E-state index contributed by atoms with van der Waals surface area (Å²) in [4.78, 5) is 13.1. The predicted molar refractivity (Wildman–Crippen MR) is 173 cm³/mol. The van der Waals surface area contributed by atoms with Gasteiger partial charge < -0.3 is 20.1 Å². The number of alkyl halides is 2. The lowest BCUT2D eigenvalue weighted by Crippen LogP contribution is -2.45. The van der Waals surface area contributed by atoms with Gasteiger partial charge in [0.1, 0.15) is 40.9 Å². The molecule has 0 bridgehead atoms. The van der Waals surface area contributed by atoms with Crippen LogP contribution in [0.15, 0.2) is 12.1 Å². The minimum absolute atomic E-state index is 0.000575. The van der Waals surface area contributed by atoms with Gasteiger partial charge in [0, 0.05) is 17.5 Å². The Morgan fingerprint density at radius 2 is 2.06 bits per heavy atom. The minimum Gasteiger partial charge on any atom is -0.486 e. The molecular formula is C33H31ClF4N6O2S. The molecular weight excluding hydrogens is 656 g/mol. The summed E-state index contributed by atoms with van der Waals surface area (Å²) in [5.74, 6) is -0.902. The van der Waals surface area contributed by atoms with Gasteiger partial charge >= 0.3 is 6.01 Å². The van der Waals surface area contributed by atoms with Gasteiger partial charge in [0.05, 0.1) is 38.8 Å². The molecule has 5 heterocycles. The van der Waals surface area contributed by atoms with Crippen molar-refractivity contribution in [2.75, 3.05) is 36.9 Å². The Balaban J connectivity index is 1.37. The van der Waals surface area contributed by atoms with E-state index < -0.39 is 36.8 Å². The van der Waals surface area contributed by atoms with E-state index in [1.807, 2.05) is 6.07 Å². The highest BCUT2D eigenvalue weighted by molar-refractivity contribution is 7.23. The van der Waals surface area contributed by atoms with E-state index in [0.717, 1.165) is 50.1 Å². The number of nitrogens with two attached hydrogens (primary N) is 1. The fourth-order valence-corrected chi connectivity index (χ4v) is 9.74. The molecule has 2 aromatic heterocycles. The Kier molecular flexibility index (Phi) is 7.35. The molecule has 1 aliphatic carbocycles. The minimum atomic E-state index is -2.71. The fraction of sp³-hybridized carbons (Fsp3) is 0.485. The molecule has 2 N–H and O–H groups in total. The van der Waals surface area contributed by atoms with Crippen molar-refractivity contribution < 1.29 is 27.0 Å². The lowest BCUT2D eigenvalue weighted by atomic mass is 9.92. The molecule has 47 heavy (non-hydrogen) atoms. The fourth-order valence-electron chi connectivity index (χ4n) is 8.46. The third kappa shape index (κ3) is 4.70. The van der Waals surface area contributed by atoms with Crippen molar-refractivity contribution in [3.8, 4) is 29.0 Å². The molecule has 4 atom stereocenters. The zero-order chi connectivity index (χ0) is 32.8. The van der Waals surface area contributed by atoms with Gasteiger partial charge in [-0.2, -0.15) is 15.2 Å². The van der Waals surface area contributed by atoms with Crippen LogP contribution in [0.5, 0.6) is 11.8 Å². The van der Waals surface area contributed by atoms with Gasteiger partial charge in [0.15, 0.2) is 11.6 Å². The maximum atomic E-state index is 17.1. The van der Waals surface area contributed by atoms with E-state index >= 15 is 4.39 Å². The average Bonchev–Trinajstić information content (AvgIpc) is 3.78. The van der Waals surface area contributed by atoms with Crippen molar-refractivity contribution >= 4 is 54.7 Å². The monoisotopic (exact) mass is 686 g/mol. The number of halogens is 5. The van der Waals surface area contributed by atoms with Crippen molar-refractivity contribution in [1.29, 1.82) is 5.26 Å². The van der Waals surface area contributed by atoms with Gasteiger partial charge in [0.2, 0.25) is 0 Å². The molecule has 3 aliphatic heterocycles. The Morgan fingerprint density at radius 1 is 1.23 bits per heavy atom. The Hall–Kier alpha value is -3.60. The zero-order valence-corrected chi connectivity index (χ0v) is 27.0. The van der Waals surface area contributed by atoms with Crippen LogP contribution < -0.4 is 20.1 Å². The van der Waals surface area contributed by atoms with E-state index in [4.69, 9.17) is 26.8 Å². The number of hydrogen-bond acceptors (Lipinski definition) is 9. The number of nitrogens with zero attached hydrogens (tertiary/aromatic N) is 5. The van der Waals surface area contributed by atoms with Crippen LogP contribution in [0.25, 0.3) is 32.1 Å². The number of benzene rings is 2. The molecule has 3 fully saturated rings. The van der Waals surface area contributed by atoms with Crippen LogP contribution in [0, 0.1) is 28.9 Å². The highest BCUT2D eigenvalue weighted by Crippen LogP contribution is 2.53. The number of ether oxygens (including phenoxy) is 2. The molecule has 2 aromatic carbocycles. The maximum Gasteiger partial charge on any atom is 0.319 e. The van der Waals surface area contributed by atoms with Crippen molar-refractivity contribution in [3.63, 3.8) is 0 Å². The molecule has 0 amide bonds. The normalized spacial score (nSPS) is 25.3. The second-order valence-electron chi connectivity index (χ2n) is 13.2. The Morgan fingerprint density at radius 3 is 2.85 bits per heavy atom. The summed E-state index contributed by atoms with van der Waals surface area (Å²) in [6, 6.07) is 3.92. The molecule has 2 unspecified atom stereocenters. The van der Waals surface area contributed by atoms with Gasteiger partial charge in [-0.05, 0) is 62.6 Å². The molecule has 0 spiro atoms. The molecule has 0 radical (unpaired) electrons. The SMILES string of the molecule is C[C@H]1CN2CCC[C@@]2(COc2nc3c4c(c(Cl)c(-c5ccc(F)c6sc(N)c(C#N)c56)c(F)c4n2)OC2CCCC2N3CC(F)F)C1. The first-order chi connectivity index (χ1) is 22.6. The van der Waals surface area contributed by atoms with Crippen LogP contribution in [0.4, 0.5) is 28.4 Å². The molecule has 8 nitrogen and oxygen atoms in total. The average molecular weight is 687 g/mol. The second kappa shape index (κ2) is 11.2. The highest BCUT2D eigenvalue weighted by Gasteiger charge is 2.48. The summed E-state index contributed by atoms with van der Waals surface area (Å²) in [5.41, 5.74) is 5.64. The number of hydrogen-bond donors (Lipinski definition) is 1. The number of nitrogen functional groups attached to an aromatic ring is 1. The summed E-state index contributed by atoms with van der Waals surface area (Å²) in [5, 5.41) is 10.0. The standard InChI is InChI=1S/C33H31ClF4N6O2S/c1-15-10-33(8-3-9-43(33)12-15)14-45-32-41-27-24-28(46-20-5-2-4-19(20)44(13-21(36)37)31(24)42-32)25(34)23(26(27)38)16-6-7-18(35)29-22(16)17(11-39)30(40)47-29/h6-7,15,19-21H,2-5,8-10,12-14,40H2,1H3/t15-,19?,20?,33+/m1/s1. The van der Waals surface area contributed by atoms with E-state index in [1.54, 1.807) is 0 Å². The van der Waals surface area contributed by atoms with Gasteiger partial charge in [-0.15, -0.1) is 11.3 Å². The molecule has 4 aromatic rings. The molecule has 246 valence electrons. The molecule has 14 heteroatoms. The van der Waals surface area contributed by atoms with Crippen LogP contribution in [-0.2, 0) is 0 Å². The summed E-state index contributed by atoms with van der Waals surface area (Å²) >= 11 is 7.91. The van der Waals surface area contributed by atoms with Crippen molar-refractivity contribution in [1.82, 2.24) is 14.9 Å². The van der Waals surface area contributed by atoms with Gasteiger partial charge in [-0.1, -0.05) is 24.6 Å². The zero-order valence-electron chi connectivity index (χ0n) is 25.5. The molecule has 8 rings (SSSR count).